The van der Waals surface area contributed by atoms with E-state index in [-0.39, 0.29) is 6.61 Å². The fourth-order valence-electron chi connectivity index (χ4n) is 1.50. The Hall–Kier alpha value is -0.860. The van der Waals surface area contributed by atoms with Crippen molar-refractivity contribution in [1.82, 2.24) is 5.32 Å². The molecule has 0 spiro atoms. The lowest BCUT2D eigenvalue weighted by Crippen LogP contribution is -2.19. The van der Waals surface area contributed by atoms with Gasteiger partial charge in [-0.25, -0.2) is 0 Å². The van der Waals surface area contributed by atoms with Crippen LogP contribution in [-0.2, 0) is 12.8 Å². The lowest BCUT2D eigenvalue weighted by atomic mass is 10.1. The zero-order valence-electron chi connectivity index (χ0n) is 9.50. The minimum Gasteiger partial charge on any atom is -0.396 e. The van der Waals surface area contributed by atoms with E-state index in [0.29, 0.717) is 0 Å². The Labute approximate surface area is 92.3 Å². The Morgan fingerprint density at radius 1 is 1.07 bits per heavy atom. The second-order valence-electron chi connectivity index (χ2n) is 3.75. The standard InChI is InChI=1S/C13H21NO/c1-2-12-4-6-13(7-5-12)8-10-14-9-3-11-15/h4-7,14-15H,2-3,8-11H2,1H3. The van der Waals surface area contributed by atoms with Gasteiger partial charge in [-0.2, -0.15) is 0 Å². The fourth-order valence-corrected chi connectivity index (χ4v) is 1.50. The van der Waals surface area contributed by atoms with Crippen LogP contribution in [0.2, 0.25) is 0 Å². The Balaban J connectivity index is 2.20. The zero-order valence-corrected chi connectivity index (χ0v) is 9.50. The highest BCUT2D eigenvalue weighted by Crippen LogP contribution is 2.05. The Morgan fingerprint density at radius 2 is 1.73 bits per heavy atom. The number of rotatable bonds is 7. The molecule has 84 valence electrons. The van der Waals surface area contributed by atoms with Gasteiger partial charge in [-0.1, -0.05) is 31.2 Å². The molecule has 0 saturated heterocycles. The van der Waals surface area contributed by atoms with Gasteiger partial charge in [0.25, 0.3) is 0 Å². The summed E-state index contributed by atoms with van der Waals surface area (Å²) in [5.74, 6) is 0. The largest absolute Gasteiger partial charge is 0.396 e. The lowest BCUT2D eigenvalue weighted by Gasteiger charge is -2.04. The summed E-state index contributed by atoms with van der Waals surface area (Å²) in [5.41, 5.74) is 2.77. The third kappa shape index (κ3) is 4.96. The number of nitrogens with one attached hydrogen (secondary N) is 1. The normalized spacial score (nSPS) is 10.5. The molecule has 2 nitrogen and oxygen atoms in total. The molecule has 1 aromatic carbocycles. The first-order chi connectivity index (χ1) is 7.36. The second kappa shape index (κ2) is 7.43. The van der Waals surface area contributed by atoms with E-state index in [9.17, 15) is 0 Å². The minimum atomic E-state index is 0.276. The SMILES string of the molecule is CCc1ccc(CCNCCCO)cc1. The maximum absolute atomic E-state index is 8.60. The number of hydrogen-bond donors (Lipinski definition) is 2. The van der Waals surface area contributed by atoms with Crippen molar-refractivity contribution in [2.45, 2.75) is 26.2 Å². The van der Waals surface area contributed by atoms with E-state index in [0.717, 1.165) is 32.4 Å². The van der Waals surface area contributed by atoms with Gasteiger partial charge in [-0.15, -0.1) is 0 Å². The van der Waals surface area contributed by atoms with E-state index < -0.39 is 0 Å². The highest BCUT2D eigenvalue weighted by atomic mass is 16.3. The molecule has 0 amide bonds. The molecule has 0 saturated carbocycles. The van der Waals surface area contributed by atoms with E-state index >= 15 is 0 Å². The van der Waals surface area contributed by atoms with Crippen LogP contribution in [0, 0.1) is 0 Å². The molecule has 0 aliphatic heterocycles. The van der Waals surface area contributed by atoms with Crippen molar-refractivity contribution in [3.63, 3.8) is 0 Å². The third-order valence-electron chi connectivity index (χ3n) is 2.53. The van der Waals surface area contributed by atoms with Crippen molar-refractivity contribution >= 4 is 0 Å². The summed E-state index contributed by atoms with van der Waals surface area (Å²) in [6.07, 6.45) is 3.01. The fraction of sp³-hybridized carbons (Fsp3) is 0.538. The highest BCUT2D eigenvalue weighted by Gasteiger charge is 1.93. The van der Waals surface area contributed by atoms with Crippen LogP contribution in [0.4, 0.5) is 0 Å². The van der Waals surface area contributed by atoms with Crippen molar-refractivity contribution < 1.29 is 5.11 Å². The Kier molecular flexibility index (Phi) is 6.05. The van der Waals surface area contributed by atoms with Gasteiger partial charge in [0, 0.05) is 6.61 Å². The predicted molar refractivity (Wildman–Crippen MR) is 64.1 cm³/mol. The van der Waals surface area contributed by atoms with Crippen LogP contribution in [0.15, 0.2) is 24.3 Å². The molecule has 1 aromatic rings. The van der Waals surface area contributed by atoms with Crippen LogP contribution >= 0.6 is 0 Å². The van der Waals surface area contributed by atoms with Gasteiger partial charge in [0.1, 0.15) is 0 Å². The van der Waals surface area contributed by atoms with E-state index in [4.69, 9.17) is 5.11 Å². The molecule has 0 aliphatic carbocycles. The van der Waals surface area contributed by atoms with Gasteiger partial charge < -0.3 is 10.4 Å². The van der Waals surface area contributed by atoms with Crippen LogP contribution in [-0.4, -0.2) is 24.8 Å². The Bertz CT molecular complexity index is 256. The van der Waals surface area contributed by atoms with Crippen LogP contribution in [0.3, 0.4) is 0 Å². The topological polar surface area (TPSA) is 32.3 Å². The van der Waals surface area contributed by atoms with E-state index in [1.165, 1.54) is 11.1 Å². The first-order valence-corrected chi connectivity index (χ1v) is 5.76. The van der Waals surface area contributed by atoms with Gasteiger partial charge in [-0.3, -0.25) is 0 Å². The summed E-state index contributed by atoms with van der Waals surface area (Å²) in [5, 5.41) is 11.9. The van der Waals surface area contributed by atoms with Gasteiger partial charge in [-0.05, 0) is 43.5 Å². The van der Waals surface area contributed by atoms with E-state index in [1.807, 2.05) is 0 Å². The van der Waals surface area contributed by atoms with Crippen molar-refractivity contribution in [2.24, 2.45) is 0 Å². The minimum absolute atomic E-state index is 0.276. The number of benzene rings is 1. The van der Waals surface area contributed by atoms with Crippen LogP contribution in [0.1, 0.15) is 24.5 Å². The van der Waals surface area contributed by atoms with Crippen molar-refractivity contribution in [1.29, 1.82) is 0 Å². The van der Waals surface area contributed by atoms with Crippen LogP contribution in [0.5, 0.6) is 0 Å². The summed E-state index contributed by atoms with van der Waals surface area (Å²) in [7, 11) is 0. The maximum Gasteiger partial charge on any atom is 0.0443 e. The van der Waals surface area contributed by atoms with Crippen molar-refractivity contribution in [3.8, 4) is 0 Å². The summed E-state index contributed by atoms with van der Waals surface area (Å²) in [6.45, 7) is 4.35. The number of hydrogen-bond acceptors (Lipinski definition) is 2. The predicted octanol–water partition coefficient (Wildman–Crippen LogP) is 1.76. The van der Waals surface area contributed by atoms with Crippen LogP contribution in [0.25, 0.3) is 0 Å². The molecule has 0 aliphatic rings. The smallest absolute Gasteiger partial charge is 0.0443 e. The molecule has 0 unspecified atom stereocenters. The van der Waals surface area contributed by atoms with Gasteiger partial charge in [0.2, 0.25) is 0 Å². The lowest BCUT2D eigenvalue weighted by molar-refractivity contribution is 0.286. The average Bonchev–Trinajstić information content (AvgIpc) is 2.30. The Morgan fingerprint density at radius 3 is 2.33 bits per heavy atom. The van der Waals surface area contributed by atoms with Crippen molar-refractivity contribution in [3.05, 3.63) is 35.4 Å². The number of aliphatic hydroxyl groups excluding tert-OH is 1. The van der Waals surface area contributed by atoms with E-state index in [2.05, 4.69) is 36.5 Å². The molecule has 0 atom stereocenters. The third-order valence-corrected chi connectivity index (χ3v) is 2.53. The monoisotopic (exact) mass is 207 g/mol. The molecule has 2 heteroatoms. The molecule has 15 heavy (non-hydrogen) atoms. The second-order valence-corrected chi connectivity index (χ2v) is 3.75. The highest BCUT2D eigenvalue weighted by molar-refractivity contribution is 5.22. The van der Waals surface area contributed by atoms with Crippen LogP contribution < -0.4 is 5.32 Å². The first kappa shape index (κ1) is 12.2. The quantitative estimate of drug-likeness (QED) is 0.668. The molecule has 0 radical (unpaired) electrons. The summed E-state index contributed by atoms with van der Waals surface area (Å²) < 4.78 is 0. The molecule has 0 bridgehead atoms. The van der Waals surface area contributed by atoms with Gasteiger partial charge in [0.15, 0.2) is 0 Å². The zero-order chi connectivity index (χ0) is 10.9. The average molecular weight is 207 g/mol. The van der Waals surface area contributed by atoms with Gasteiger partial charge >= 0.3 is 0 Å². The molecular formula is C13H21NO. The first-order valence-electron chi connectivity index (χ1n) is 5.76. The summed E-state index contributed by atoms with van der Waals surface area (Å²) in [4.78, 5) is 0. The van der Waals surface area contributed by atoms with E-state index in [1.54, 1.807) is 0 Å². The molecule has 0 heterocycles. The summed E-state index contributed by atoms with van der Waals surface area (Å²) >= 11 is 0. The number of aryl methyl sites for hydroxylation is 1. The van der Waals surface area contributed by atoms with Crippen molar-refractivity contribution in [2.75, 3.05) is 19.7 Å². The molecule has 2 N–H and O–H groups in total. The molecule has 0 aromatic heterocycles. The molecule has 0 fully saturated rings. The van der Waals surface area contributed by atoms with Gasteiger partial charge in [0.05, 0.1) is 0 Å². The number of aliphatic hydroxyl groups is 1. The maximum atomic E-state index is 8.60. The summed E-state index contributed by atoms with van der Waals surface area (Å²) in [6, 6.07) is 8.80. The molecular weight excluding hydrogens is 186 g/mol. The molecule has 1 rings (SSSR count).